The van der Waals surface area contributed by atoms with E-state index in [4.69, 9.17) is 0 Å². The van der Waals surface area contributed by atoms with Gasteiger partial charge in [-0.1, -0.05) is 0 Å². The minimum Gasteiger partial charge on any atom is -0.358 e. The Morgan fingerprint density at radius 1 is 1.70 bits per heavy atom. The van der Waals surface area contributed by atoms with Gasteiger partial charge >= 0.3 is 0 Å². The Bertz CT molecular complexity index is 120. The number of carbonyl (C=O) groups excluding carboxylic acids is 1. The van der Waals surface area contributed by atoms with Gasteiger partial charge in [0.1, 0.15) is 0 Å². The highest BCUT2D eigenvalue weighted by Crippen LogP contribution is 1.99. The highest BCUT2D eigenvalue weighted by Gasteiger charge is 2.18. The maximum atomic E-state index is 11.0. The molecule has 0 saturated carbocycles. The molecular weight excluding hydrogens is 130 g/mol. The van der Waals surface area contributed by atoms with Crippen LogP contribution in [0.25, 0.3) is 0 Å². The molecule has 0 aromatic heterocycles. The fourth-order valence-corrected chi connectivity index (χ4v) is 1.03. The van der Waals surface area contributed by atoms with Crippen molar-refractivity contribution in [1.82, 2.24) is 16.2 Å². The fraction of sp³-hybridized carbons (Fsp3) is 0.833. The smallest absolute Gasteiger partial charge is 0.238 e. The van der Waals surface area contributed by atoms with Gasteiger partial charge in [0.25, 0.3) is 0 Å². The molecule has 0 aromatic carbocycles. The van der Waals surface area contributed by atoms with E-state index in [-0.39, 0.29) is 11.9 Å². The van der Waals surface area contributed by atoms with Gasteiger partial charge in [0.2, 0.25) is 5.91 Å². The maximum absolute atomic E-state index is 11.0. The van der Waals surface area contributed by atoms with Crippen molar-refractivity contribution in [2.45, 2.75) is 18.9 Å². The van der Waals surface area contributed by atoms with Crippen molar-refractivity contribution >= 4 is 5.91 Å². The van der Waals surface area contributed by atoms with Crippen molar-refractivity contribution in [3.8, 4) is 0 Å². The molecule has 1 unspecified atom stereocenters. The summed E-state index contributed by atoms with van der Waals surface area (Å²) in [5.41, 5.74) is 5.85. The van der Waals surface area contributed by atoms with Crippen LogP contribution in [0, 0.1) is 0 Å². The van der Waals surface area contributed by atoms with E-state index < -0.39 is 0 Å². The molecule has 0 bridgehead atoms. The number of likely N-dealkylation sites (N-methyl/N-ethyl adjacent to an activating group) is 1. The molecule has 1 aliphatic rings. The largest absolute Gasteiger partial charge is 0.358 e. The third-order valence-corrected chi connectivity index (χ3v) is 1.63. The van der Waals surface area contributed by atoms with Gasteiger partial charge in [-0.15, -0.1) is 0 Å². The molecule has 1 saturated heterocycles. The minimum atomic E-state index is -0.0428. The molecule has 3 N–H and O–H groups in total. The lowest BCUT2D eigenvalue weighted by Crippen LogP contribution is -2.52. The molecular formula is C6H13N3O. The number of hydrogen-bond donors (Lipinski definition) is 3. The fourth-order valence-electron chi connectivity index (χ4n) is 1.03. The summed E-state index contributed by atoms with van der Waals surface area (Å²) in [6.07, 6.45) is 1.98. The Morgan fingerprint density at radius 3 is 3.00 bits per heavy atom. The van der Waals surface area contributed by atoms with Crippen LogP contribution in [-0.4, -0.2) is 25.5 Å². The number of nitrogens with one attached hydrogen (secondary N) is 3. The van der Waals surface area contributed by atoms with Crippen LogP contribution < -0.4 is 16.2 Å². The van der Waals surface area contributed by atoms with Gasteiger partial charge in [-0.05, 0) is 12.8 Å². The van der Waals surface area contributed by atoms with E-state index in [1.54, 1.807) is 7.05 Å². The summed E-state index contributed by atoms with van der Waals surface area (Å²) in [5.74, 6) is 0.0622. The summed E-state index contributed by atoms with van der Waals surface area (Å²) >= 11 is 0. The SMILES string of the molecule is CNC(=O)C1CCCNN1. The molecule has 1 fully saturated rings. The van der Waals surface area contributed by atoms with E-state index in [1.807, 2.05) is 0 Å². The normalized spacial score (nSPS) is 25.9. The number of hydrazine groups is 1. The first-order chi connectivity index (χ1) is 4.84. The minimum absolute atomic E-state index is 0.0428. The second kappa shape index (κ2) is 3.53. The highest BCUT2D eigenvalue weighted by atomic mass is 16.2. The number of hydrogen-bond acceptors (Lipinski definition) is 3. The van der Waals surface area contributed by atoms with Gasteiger partial charge in [-0.2, -0.15) is 0 Å². The molecule has 1 atom stereocenters. The Labute approximate surface area is 60.3 Å². The van der Waals surface area contributed by atoms with Crippen LogP contribution in [0.1, 0.15) is 12.8 Å². The number of rotatable bonds is 1. The van der Waals surface area contributed by atoms with Crippen LogP contribution >= 0.6 is 0 Å². The standard InChI is InChI=1S/C6H13N3O/c1-7-6(10)5-3-2-4-8-9-5/h5,8-9H,2-4H2,1H3,(H,7,10). The average molecular weight is 143 g/mol. The molecule has 4 heteroatoms. The average Bonchev–Trinajstić information content (AvgIpc) is 2.05. The van der Waals surface area contributed by atoms with Gasteiger partial charge in [-0.25, -0.2) is 5.43 Å². The van der Waals surface area contributed by atoms with Crippen LogP contribution in [0.15, 0.2) is 0 Å². The molecule has 0 aliphatic carbocycles. The number of amides is 1. The van der Waals surface area contributed by atoms with Crippen LogP contribution in [-0.2, 0) is 4.79 Å². The quantitative estimate of drug-likeness (QED) is 0.441. The van der Waals surface area contributed by atoms with Crippen molar-refractivity contribution in [3.05, 3.63) is 0 Å². The highest BCUT2D eigenvalue weighted by molar-refractivity contribution is 5.81. The zero-order chi connectivity index (χ0) is 7.40. The van der Waals surface area contributed by atoms with E-state index in [0.717, 1.165) is 19.4 Å². The topological polar surface area (TPSA) is 53.2 Å². The summed E-state index contributed by atoms with van der Waals surface area (Å²) in [5, 5.41) is 2.59. The molecule has 0 aromatic rings. The van der Waals surface area contributed by atoms with Crippen LogP contribution in [0.4, 0.5) is 0 Å². The van der Waals surface area contributed by atoms with Crippen molar-refractivity contribution < 1.29 is 4.79 Å². The summed E-state index contributed by atoms with van der Waals surface area (Å²) in [4.78, 5) is 11.0. The zero-order valence-corrected chi connectivity index (χ0v) is 6.11. The first-order valence-electron chi connectivity index (χ1n) is 3.54. The summed E-state index contributed by atoms with van der Waals surface area (Å²) in [7, 11) is 1.65. The first-order valence-corrected chi connectivity index (χ1v) is 3.54. The van der Waals surface area contributed by atoms with Gasteiger partial charge in [0.05, 0.1) is 6.04 Å². The van der Waals surface area contributed by atoms with E-state index in [1.165, 1.54) is 0 Å². The van der Waals surface area contributed by atoms with E-state index in [9.17, 15) is 4.79 Å². The second-order valence-electron chi connectivity index (χ2n) is 2.38. The third kappa shape index (κ3) is 1.68. The summed E-state index contributed by atoms with van der Waals surface area (Å²) < 4.78 is 0. The van der Waals surface area contributed by atoms with Gasteiger partial charge in [-0.3, -0.25) is 10.2 Å². The number of carbonyl (C=O) groups is 1. The molecule has 0 spiro atoms. The lowest BCUT2D eigenvalue weighted by atomic mass is 10.1. The van der Waals surface area contributed by atoms with Crippen LogP contribution in [0.2, 0.25) is 0 Å². The molecule has 1 rings (SSSR count). The van der Waals surface area contributed by atoms with Gasteiger partial charge in [0.15, 0.2) is 0 Å². The zero-order valence-electron chi connectivity index (χ0n) is 6.11. The molecule has 1 heterocycles. The van der Waals surface area contributed by atoms with E-state index in [0.29, 0.717) is 0 Å². The predicted molar refractivity (Wildman–Crippen MR) is 38.2 cm³/mol. The van der Waals surface area contributed by atoms with Crippen molar-refractivity contribution in [1.29, 1.82) is 0 Å². The Kier molecular flexibility index (Phi) is 2.65. The van der Waals surface area contributed by atoms with Gasteiger partial charge < -0.3 is 5.32 Å². The van der Waals surface area contributed by atoms with Crippen LogP contribution in [0.3, 0.4) is 0 Å². The molecule has 10 heavy (non-hydrogen) atoms. The maximum Gasteiger partial charge on any atom is 0.238 e. The summed E-state index contributed by atoms with van der Waals surface area (Å²) in [6.45, 7) is 0.952. The summed E-state index contributed by atoms with van der Waals surface area (Å²) in [6, 6.07) is -0.0428. The Morgan fingerprint density at radius 2 is 2.50 bits per heavy atom. The van der Waals surface area contributed by atoms with E-state index >= 15 is 0 Å². The Hall–Kier alpha value is -0.610. The molecule has 1 amide bonds. The van der Waals surface area contributed by atoms with Gasteiger partial charge in [0, 0.05) is 13.6 Å². The van der Waals surface area contributed by atoms with Crippen molar-refractivity contribution in [2.24, 2.45) is 0 Å². The lowest BCUT2D eigenvalue weighted by molar-refractivity contribution is -0.123. The molecule has 0 radical (unpaired) electrons. The van der Waals surface area contributed by atoms with Crippen molar-refractivity contribution in [3.63, 3.8) is 0 Å². The Balaban J connectivity index is 2.31. The molecule has 58 valence electrons. The lowest BCUT2D eigenvalue weighted by Gasteiger charge is -2.22. The monoisotopic (exact) mass is 143 g/mol. The van der Waals surface area contributed by atoms with E-state index in [2.05, 4.69) is 16.2 Å². The second-order valence-corrected chi connectivity index (χ2v) is 2.38. The first kappa shape index (κ1) is 7.50. The van der Waals surface area contributed by atoms with Crippen molar-refractivity contribution in [2.75, 3.05) is 13.6 Å². The molecule has 4 nitrogen and oxygen atoms in total. The predicted octanol–water partition coefficient (Wildman–Crippen LogP) is -1.01. The third-order valence-electron chi connectivity index (χ3n) is 1.63. The molecule has 1 aliphatic heterocycles. The van der Waals surface area contributed by atoms with Crippen LogP contribution in [0.5, 0.6) is 0 Å².